The number of nitriles is 1. The molecule has 0 saturated carbocycles. The van der Waals surface area contributed by atoms with Crippen LogP contribution in [0.4, 0.5) is 0 Å². The lowest BCUT2D eigenvalue weighted by molar-refractivity contribution is -0.137. The minimum absolute atomic E-state index is 0.0435. The lowest BCUT2D eigenvalue weighted by Crippen LogP contribution is -2.07. The maximum absolute atomic E-state index is 10.6. The summed E-state index contributed by atoms with van der Waals surface area (Å²) in [4.78, 5) is 10.6. The molecule has 1 aliphatic heterocycles. The quantitative estimate of drug-likeness (QED) is 0.790. The maximum Gasteiger partial charge on any atom is 0.304 e. The summed E-state index contributed by atoms with van der Waals surface area (Å²) in [6.07, 6.45) is 0.0435. The summed E-state index contributed by atoms with van der Waals surface area (Å²) in [6.45, 7) is 0.385. The van der Waals surface area contributed by atoms with Crippen LogP contribution in [0.2, 0.25) is 0 Å². The van der Waals surface area contributed by atoms with Crippen molar-refractivity contribution >= 4 is 5.97 Å². The fourth-order valence-electron chi connectivity index (χ4n) is 1.73. The molecular weight excluding hydrogens is 194 g/mol. The number of rotatable bonds is 2. The molecular formula is C11H9NO3. The van der Waals surface area contributed by atoms with Crippen molar-refractivity contribution in [2.75, 3.05) is 6.61 Å². The zero-order valence-corrected chi connectivity index (χ0v) is 7.93. The van der Waals surface area contributed by atoms with E-state index in [2.05, 4.69) is 0 Å². The van der Waals surface area contributed by atoms with E-state index in [1.807, 2.05) is 6.07 Å². The van der Waals surface area contributed by atoms with Crippen LogP contribution in [-0.4, -0.2) is 17.7 Å². The van der Waals surface area contributed by atoms with Gasteiger partial charge in [0.05, 0.1) is 24.7 Å². The maximum atomic E-state index is 10.6. The highest BCUT2D eigenvalue weighted by Crippen LogP contribution is 2.36. The number of benzene rings is 1. The molecule has 4 nitrogen and oxygen atoms in total. The molecule has 1 atom stereocenters. The average Bonchev–Trinajstić information content (AvgIpc) is 2.60. The lowest BCUT2D eigenvalue weighted by atomic mass is 9.96. The van der Waals surface area contributed by atoms with Crippen LogP contribution in [0.1, 0.15) is 23.5 Å². The normalized spacial score (nSPS) is 17.7. The van der Waals surface area contributed by atoms with Crippen LogP contribution in [-0.2, 0) is 4.79 Å². The molecule has 0 aromatic heterocycles. The van der Waals surface area contributed by atoms with Crippen molar-refractivity contribution in [2.24, 2.45) is 0 Å². The SMILES string of the molecule is N#Cc1ccc2c(c1)C(CC(=O)O)CO2. The molecule has 4 heteroatoms. The number of hydrogen-bond donors (Lipinski definition) is 1. The monoisotopic (exact) mass is 203 g/mol. The first-order valence-electron chi connectivity index (χ1n) is 4.59. The molecule has 1 N–H and O–H groups in total. The van der Waals surface area contributed by atoms with Gasteiger partial charge in [-0.2, -0.15) is 5.26 Å². The van der Waals surface area contributed by atoms with Gasteiger partial charge in [-0.3, -0.25) is 4.79 Å². The minimum atomic E-state index is -0.848. The highest BCUT2D eigenvalue weighted by Gasteiger charge is 2.26. The van der Waals surface area contributed by atoms with E-state index in [1.165, 1.54) is 0 Å². The van der Waals surface area contributed by atoms with E-state index in [0.29, 0.717) is 17.9 Å². The molecule has 2 rings (SSSR count). The van der Waals surface area contributed by atoms with Crippen molar-refractivity contribution in [2.45, 2.75) is 12.3 Å². The fraction of sp³-hybridized carbons (Fsp3) is 0.273. The van der Waals surface area contributed by atoms with E-state index in [0.717, 1.165) is 5.56 Å². The van der Waals surface area contributed by atoms with Gasteiger partial charge in [0.25, 0.3) is 0 Å². The van der Waals surface area contributed by atoms with E-state index in [4.69, 9.17) is 15.1 Å². The molecule has 0 saturated heterocycles. The molecule has 0 spiro atoms. The average molecular weight is 203 g/mol. The number of carboxylic acid groups (broad SMARTS) is 1. The zero-order chi connectivity index (χ0) is 10.8. The van der Waals surface area contributed by atoms with E-state index in [9.17, 15) is 4.79 Å². The first kappa shape index (κ1) is 9.53. The molecule has 76 valence electrons. The topological polar surface area (TPSA) is 70.3 Å². The lowest BCUT2D eigenvalue weighted by Gasteiger charge is -2.04. The number of nitrogens with zero attached hydrogens (tertiary/aromatic N) is 1. The van der Waals surface area contributed by atoms with Crippen molar-refractivity contribution < 1.29 is 14.6 Å². The Kier molecular flexibility index (Phi) is 2.30. The van der Waals surface area contributed by atoms with E-state index >= 15 is 0 Å². The molecule has 15 heavy (non-hydrogen) atoms. The molecule has 0 aliphatic carbocycles. The number of carbonyl (C=O) groups is 1. The highest BCUT2D eigenvalue weighted by atomic mass is 16.5. The largest absolute Gasteiger partial charge is 0.493 e. The van der Waals surface area contributed by atoms with Crippen molar-refractivity contribution in [3.8, 4) is 11.8 Å². The number of fused-ring (bicyclic) bond motifs is 1. The Bertz CT molecular complexity index is 448. The Balaban J connectivity index is 2.32. The summed E-state index contributed by atoms with van der Waals surface area (Å²) in [5.41, 5.74) is 1.37. The Morgan fingerprint density at radius 1 is 1.67 bits per heavy atom. The zero-order valence-electron chi connectivity index (χ0n) is 7.93. The van der Waals surface area contributed by atoms with Crippen LogP contribution in [0.25, 0.3) is 0 Å². The van der Waals surface area contributed by atoms with Gasteiger partial charge < -0.3 is 9.84 Å². The standard InChI is InChI=1S/C11H9NO3/c12-5-7-1-2-10-9(3-7)8(6-15-10)4-11(13)14/h1-3,8H,4,6H2,(H,13,14). The Morgan fingerprint density at radius 2 is 2.47 bits per heavy atom. The summed E-state index contributed by atoms with van der Waals surface area (Å²) >= 11 is 0. The van der Waals surface area contributed by atoms with Gasteiger partial charge in [0.2, 0.25) is 0 Å². The van der Waals surface area contributed by atoms with Crippen LogP contribution < -0.4 is 4.74 Å². The summed E-state index contributed by atoms with van der Waals surface area (Å²) in [5, 5.41) is 17.4. The second-order valence-corrected chi connectivity index (χ2v) is 3.47. The van der Waals surface area contributed by atoms with Crippen molar-refractivity contribution in [3.63, 3.8) is 0 Å². The van der Waals surface area contributed by atoms with Crippen LogP contribution >= 0.6 is 0 Å². The van der Waals surface area contributed by atoms with Gasteiger partial charge in [-0.15, -0.1) is 0 Å². The van der Waals surface area contributed by atoms with Gasteiger partial charge in [0.1, 0.15) is 5.75 Å². The fourth-order valence-corrected chi connectivity index (χ4v) is 1.73. The predicted octanol–water partition coefficient (Wildman–Crippen LogP) is 1.51. The van der Waals surface area contributed by atoms with E-state index < -0.39 is 5.97 Å². The third kappa shape index (κ3) is 1.77. The van der Waals surface area contributed by atoms with E-state index in [1.54, 1.807) is 18.2 Å². The van der Waals surface area contributed by atoms with E-state index in [-0.39, 0.29) is 12.3 Å². The van der Waals surface area contributed by atoms with Gasteiger partial charge in [-0.25, -0.2) is 0 Å². The van der Waals surface area contributed by atoms with Crippen molar-refractivity contribution in [1.29, 1.82) is 5.26 Å². The second-order valence-electron chi connectivity index (χ2n) is 3.47. The Morgan fingerprint density at radius 3 is 3.13 bits per heavy atom. The van der Waals surface area contributed by atoms with Gasteiger partial charge in [-0.05, 0) is 18.2 Å². The van der Waals surface area contributed by atoms with Crippen LogP contribution in [0.3, 0.4) is 0 Å². The molecule has 0 bridgehead atoms. The molecule has 1 unspecified atom stereocenters. The first-order valence-corrected chi connectivity index (χ1v) is 4.59. The molecule has 0 radical (unpaired) electrons. The Labute approximate surface area is 86.7 Å². The number of aliphatic carboxylic acids is 1. The number of hydrogen-bond acceptors (Lipinski definition) is 3. The van der Waals surface area contributed by atoms with Gasteiger partial charge in [0, 0.05) is 11.5 Å². The van der Waals surface area contributed by atoms with Crippen LogP contribution in [0, 0.1) is 11.3 Å². The van der Waals surface area contributed by atoms with Gasteiger partial charge in [-0.1, -0.05) is 0 Å². The molecule has 1 aliphatic rings. The molecule has 1 heterocycles. The smallest absolute Gasteiger partial charge is 0.304 e. The molecule has 0 amide bonds. The third-order valence-electron chi connectivity index (χ3n) is 2.44. The summed E-state index contributed by atoms with van der Waals surface area (Å²) in [7, 11) is 0. The number of ether oxygens (including phenoxy) is 1. The molecule has 1 aromatic rings. The van der Waals surface area contributed by atoms with Crippen molar-refractivity contribution in [3.05, 3.63) is 29.3 Å². The number of carboxylic acids is 1. The second kappa shape index (κ2) is 3.62. The van der Waals surface area contributed by atoms with Crippen LogP contribution in [0.5, 0.6) is 5.75 Å². The minimum Gasteiger partial charge on any atom is -0.493 e. The summed E-state index contributed by atoms with van der Waals surface area (Å²) < 4.78 is 5.34. The first-order chi connectivity index (χ1) is 7.20. The van der Waals surface area contributed by atoms with Gasteiger partial charge >= 0.3 is 5.97 Å². The molecule has 0 fully saturated rings. The predicted molar refractivity (Wildman–Crippen MR) is 51.6 cm³/mol. The summed E-state index contributed by atoms with van der Waals surface area (Å²) in [5.74, 6) is -0.287. The third-order valence-corrected chi connectivity index (χ3v) is 2.44. The molecule has 1 aromatic carbocycles. The highest BCUT2D eigenvalue weighted by molar-refractivity contribution is 5.68. The Hall–Kier alpha value is -2.02. The van der Waals surface area contributed by atoms with Crippen LogP contribution in [0.15, 0.2) is 18.2 Å². The van der Waals surface area contributed by atoms with Gasteiger partial charge in [0.15, 0.2) is 0 Å². The van der Waals surface area contributed by atoms with Crippen molar-refractivity contribution in [1.82, 2.24) is 0 Å². The summed E-state index contributed by atoms with van der Waals surface area (Å²) in [6, 6.07) is 7.12.